The predicted molar refractivity (Wildman–Crippen MR) is 110 cm³/mol. The van der Waals surface area contributed by atoms with Gasteiger partial charge in [-0.1, -0.05) is 36.4 Å². The van der Waals surface area contributed by atoms with E-state index in [2.05, 4.69) is 10.3 Å². The van der Waals surface area contributed by atoms with Gasteiger partial charge in [0.25, 0.3) is 5.91 Å². The summed E-state index contributed by atoms with van der Waals surface area (Å²) in [5, 5.41) is 13.6. The van der Waals surface area contributed by atoms with Crippen LogP contribution in [-0.2, 0) is 6.61 Å². The smallest absolute Gasteiger partial charge is 0.272 e. The number of aromatic nitrogens is 1. The Morgan fingerprint density at radius 1 is 1.04 bits per heavy atom. The third-order valence-corrected chi connectivity index (χ3v) is 4.49. The molecule has 0 bridgehead atoms. The van der Waals surface area contributed by atoms with E-state index in [9.17, 15) is 9.90 Å². The third kappa shape index (κ3) is 3.83. The second kappa shape index (κ2) is 7.48. The number of rotatable bonds is 5. The molecule has 0 unspecified atom stereocenters. The fourth-order valence-corrected chi connectivity index (χ4v) is 3.00. The van der Waals surface area contributed by atoms with Crippen molar-refractivity contribution in [3.63, 3.8) is 0 Å². The maximum atomic E-state index is 12.5. The summed E-state index contributed by atoms with van der Waals surface area (Å²) >= 11 is 0. The van der Waals surface area contributed by atoms with Crippen LogP contribution in [0.15, 0.2) is 72.8 Å². The van der Waals surface area contributed by atoms with Crippen LogP contribution in [-0.4, -0.2) is 16.0 Å². The first kappa shape index (κ1) is 17.7. The van der Waals surface area contributed by atoms with E-state index < -0.39 is 0 Å². The van der Waals surface area contributed by atoms with Gasteiger partial charge in [0.05, 0.1) is 5.69 Å². The van der Waals surface area contributed by atoms with Crippen LogP contribution in [0.5, 0.6) is 11.5 Å². The van der Waals surface area contributed by atoms with Crippen LogP contribution in [0, 0.1) is 6.92 Å². The van der Waals surface area contributed by atoms with E-state index >= 15 is 0 Å². The highest BCUT2D eigenvalue weighted by Crippen LogP contribution is 2.26. The van der Waals surface area contributed by atoms with Gasteiger partial charge in [-0.25, -0.2) is 0 Å². The van der Waals surface area contributed by atoms with Crippen LogP contribution < -0.4 is 10.1 Å². The molecule has 140 valence electrons. The molecule has 1 amide bonds. The van der Waals surface area contributed by atoms with Crippen LogP contribution in [0.2, 0.25) is 0 Å². The molecule has 0 spiro atoms. The Balaban J connectivity index is 1.50. The SMILES string of the molecule is Cc1ccc(NC(=O)c2cc3ccc(OCc4ccccc4)cc3[nH]2)c(O)c1. The number of amides is 1. The van der Waals surface area contributed by atoms with Crippen LogP contribution in [0.4, 0.5) is 5.69 Å². The van der Waals surface area contributed by atoms with Gasteiger partial charge < -0.3 is 20.1 Å². The van der Waals surface area contributed by atoms with Crippen molar-refractivity contribution in [3.05, 3.63) is 89.6 Å². The minimum Gasteiger partial charge on any atom is -0.506 e. The number of hydrogen-bond acceptors (Lipinski definition) is 3. The number of ether oxygens (including phenoxy) is 1. The summed E-state index contributed by atoms with van der Waals surface area (Å²) in [7, 11) is 0. The molecule has 0 atom stereocenters. The van der Waals surface area contributed by atoms with Crippen LogP contribution in [0.25, 0.3) is 10.9 Å². The number of carbonyl (C=O) groups is 1. The van der Waals surface area contributed by atoms with Crippen LogP contribution in [0.3, 0.4) is 0 Å². The normalized spacial score (nSPS) is 10.8. The highest BCUT2D eigenvalue weighted by Gasteiger charge is 2.12. The summed E-state index contributed by atoms with van der Waals surface area (Å²) in [6.07, 6.45) is 0. The number of phenols is 1. The lowest BCUT2D eigenvalue weighted by molar-refractivity contribution is 0.102. The molecule has 0 aliphatic rings. The van der Waals surface area contributed by atoms with Crippen molar-refractivity contribution < 1.29 is 14.6 Å². The third-order valence-electron chi connectivity index (χ3n) is 4.49. The Hall–Kier alpha value is -3.73. The number of hydrogen-bond donors (Lipinski definition) is 3. The maximum Gasteiger partial charge on any atom is 0.272 e. The largest absolute Gasteiger partial charge is 0.506 e. The maximum absolute atomic E-state index is 12.5. The zero-order chi connectivity index (χ0) is 19.5. The molecule has 0 fully saturated rings. The summed E-state index contributed by atoms with van der Waals surface area (Å²) < 4.78 is 5.84. The quantitative estimate of drug-likeness (QED) is 0.431. The van der Waals surface area contributed by atoms with Crippen LogP contribution in [0.1, 0.15) is 21.6 Å². The number of benzene rings is 3. The average Bonchev–Trinajstić information content (AvgIpc) is 3.13. The molecule has 1 aromatic heterocycles. The highest BCUT2D eigenvalue weighted by atomic mass is 16.5. The minimum atomic E-state index is -0.317. The number of aryl methyl sites for hydroxylation is 1. The Morgan fingerprint density at radius 3 is 2.64 bits per heavy atom. The molecule has 4 aromatic rings. The number of anilines is 1. The molecule has 0 radical (unpaired) electrons. The van der Waals surface area contributed by atoms with E-state index in [1.165, 1.54) is 0 Å². The number of fused-ring (bicyclic) bond motifs is 1. The molecule has 28 heavy (non-hydrogen) atoms. The number of nitrogens with one attached hydrogen (secondary N) is 2. The van der Waals surface area contributed by atoms with Crippen molar-refractivity contribution in [2.24, 2.45) is 0 Å². The molecule has 3 N–H and O–H groups in total. The molecular weight excluding hydrogens is 352 g/mol. The molecule has 0 saturated heterocycles. The fraction of sp³-hybridized carbons (Fsp3) is 0.0870. The molecule has 5 heteroatoms. The molecule has 1 heterocycles. The summed E-state index contributed by atoms with van der Waals surface area (Å²) in [6, 6.07) is 22.5. The lowest BCUT2D eigenvalue weighted by atomic mass is 10.2. The van der Waals surface area contributed by atoms with Gasteiger partial charge in [0.1, 0.15) is 23.8 Å². The molecule has 0 aliphatic heterocycles. The van der Waals surface area contributed by atoms with Crippen molar-refractivity contribution in [3.8, 4) is 11.5 Å². The van der Waals surface area contributed by atoms with Gasteiger partial charge in [-0.15, -0.1) is 0 Å². The van der Waals surface area contributed by atoms with Gasteiger partial charge in [-0.2, -0.15) is 0 Å². The first-order chi connectivity index (χ1) is 13.6. The van der Waals surface area contributed by atoms with Gasteiger partial charge >= 0.3 is 0 Å². The number of aromatic amines is 1. The standard InChI is InChI=1S/C23H20N2O3/c1-15-7-10-19(22(26)11-15)25-23(27)21-12-17-8-9-18(13-20(17)24-21)28-14-16-5-3-2-4-6-16/h2-13,24,26H,14H2,1H3,(H,25,27). The molecular formula is C23H20N2O3. The highest BCUT2D eigenvalue weighted by molar-refractivity contribution is 6.06. The van der Waals surface area contributed by atoms with Gasteiger partial charge in [0.15, 0.2) is 0 Å². The summed E-state index contributed by atoms with van der Waals surface area (Å²) in [5.74, 6) is 0.449. The predicted octanol–water partition coefficient (Wildman–Crippen LogP) is 5.01. The van der Waals surface area contributed by atoms with Crippen molar-refractivity contribution in [1.29, 1.82) is 0 Å². The Labute approximate surface area is 162 Å². The Morgan fingerprint density at radius 2 is 1.86 bits per heavy atom. The van der Waals surface area contributed by atoms with Gasteiger partial charge in [-0.3, -0.25) is 4.79 Å². The fourth-order valence-electron chi connectivity index (χ4n) is 3.00. The average molecular weight is 372 g/mol. The summed E-state index contributed by atoms with van der Waals surface area (Å²) in [4.78, 5) is 15.6. The first-order valence-corrected chi connectivity index (χ1v) is 8.99. The van der Waals surface area contributed by atoms with Gasteiger partial charge in [0.2, 0.25) is 0 Å². The van der Waals surface area contributed by atoms with E-state index in [-0.39, 0.29) is 11.7 Å². The van der Waals surface area contributed by atoms with E-state index in [1.807, 2.05) is 61.5 Å². The van der Waals surface area contributed by atoms with E-state index in [0.29, 0.717) is 18.0 Å². The van der Waals surface area contributed by atoms with Crippen molar-refractivity contribution in [2.45, 2.75) is 13.5 Å². The lowest BCUT2D eigenvalue weighted by Gasteiger charge is -2.07. The zero-order valence-electron chi connectivity index (χ0n) is 15.4. The van der Waals surface area contributed by atoms with E-state index in [1.54, 1.807) is 18.2 Å². The molecule has 0 aliphatic carbocycles. The van der Waals surface area contributed by atoms with E-state index in [0.717, 1.165) is 27.8 Å². The molecule has 3 aromatic carbocycles. The topological polar surface area (TPSA) is 74.3 Å². The van der Waals surface area contributed by atoms with Crippen molar-refractivity contribution in [1.82, 2.24) is 4.98 Å². The zero-order valence-corrected chi connectivity index (χ0v) is 15.4. The van der Waals surface area contributed by atoms with Crippen LogP contribution >= 0.6 is 0 Å². The van der Waals surface area contributed by atoms with Gasteiger partial charge in [0, 0.05) is 17.0 Å². The minimum absolute atomic E-state index is 0.0426. The second-order valence-corrected chi connectivity index (χ2v) is 6.68. The molecule has 5 nitrogen and oxygen atoms in total. The number of phenolic OH excluding ortho intramolecular Hbond substituents is 1. The van der Waals surface area contributed by atoms with Crippen molar-refractivity contribution in [2.75, 3.05) is 5.32 Å². The first-order valence-electron chi connectivity index (χ1n) is 8.99. The molecule has 4 rings (SSSR count). The van der Waals surface area contributed by atoms with Gasteiger partial charge in [-0.05, 0) is 48.4 Å². The monoisotopic (exact) mass is 372 g/mol. The number of carbonyl (C=O) groups excluding carboxylic acids is 1. The molecule has 0 saturated carbocycles. The number of aromatic hydroxyl groups is 1. The lowest BCUT2D eigenvalue weighted by Crippen LogP contribution is -2.12. The van der Waals surface area contributed by atoms with E-state index in [4.69, 9.17) is 4.74 Å². The number of H-pyrrole nitrogens is 1. The van der Waals surface area contributed by atoms with Crippen molar-refractivity contribution >= 4 is 22.5 Å². The Kier molecular flexibility index (Phi) is 4.72. The Bertz CT molecular complexity index is 1130. The summed E-state index contributed by atoms with van der Waals surface area (Å²) in [6.45, 7) is 2.35. The second-order valence-electron chi connectivity index (χ2n) is 6.68. The summed E-state index contributed by atoms with van der Waals surface area (Å²) in [5.41, 5.74) is 3.61.